The number of methoxy groups -OCH3 is 1. The molecule has 2 rings (SSSR count). The molecule has 0 bridgehead atoms. The van der Waals surface area contributed by atoms with Gasteiger partial charge in [-0.1, -0.05) is 32.4 Å². The summed E-state index contributed by atoms with van der Waals surface area (Å²) in [6, 6.07) is 3.61. The van der Waals surface area contributed by atoms with E-state index in [-0.39, 0.29) is 18.2 Å². The van der Waals surface area contributed by atoms with Gasteiger partial charge in [0.25, 0.3) is 0 Å². The highest BCUT2D eigenvalue weighted by Crippen LogP contribution is 2.28. The highest BCUT2D eigenvalue weighted by atomic mass is 35.5. The lowest BCUT2D eigenvalue weighted by Crippen LogP contribution is -2.53. The largest absolute Gasteiger partial charge is 0.496 e. The SMILES string of the molecule is COc1c(C)cc(Cl)cc1CC(=O)N1CCN(C(=O)C(C)(C)C)CC1. The normalized spacial score (nSPS) is 15.3. The van der Waals surface area contributed by atoms with E-state index in [0.29, 0.717) is 37.0 Å². The Labute approximate surface area is 154 Å². The van der Waals surface area contributed by atoms with E-state index < -0.39 is 5.41 Å². The minimum absolute atomic E-state index is 0.0304. The van der Waals surface area contributed by atoms with Crippen LogP contribution in [0.5, 0.6) is 5.75 Å². The van der Waals surface area contributed by atoms with Crippen LogP contribution in [0.4, 0.5) is 0 Å². The van der Waals surface area contributed by atoms with Gasteiger partial charge in [-0.25, -0.2) is 0 Å². The molecule has 0 spiro atoms. The maximum Gasteiger partial charge on any atom is 0.228 e. The van der Waals surface area contributed by atoms with E-state index in [4.69, 9.17) is 16.3 Å². The van der Waals surface area contributed by atoms with Crippen molar-refractivity contribution in [2.45, 2.75) is 34.1 Å². The van der Waals surface area contributed by atoms with Gasteiger partial charge in [0.1, 0.15) is 5.75 Å². The van der Waals surface area contributed by atoms with Crippen LogP contribution in [0.25, 0.3) is 0 Å². The maximum absolute atomic E-state index is 12.7. The van der Waals surface area contributed by atoms with E-state index in [1.807, 2.05) is 43.6 Å². The third-order valence-corrected chi connectivity index (χ3v) is 4.64. The molecule has 1 saturated heterocycles. The number of halogens is 1. The summed E-state index contributed by atoms with van der Waals surface area (Å²) in [5.41, 5.74) is 1.32. The number of benzene rings is 1. The van der Waals surface area contributed by atoms with Crippen LogP contribution < -0.4 is 4.74 Å². The van der Waals surface area contributed by atoms with Crippen molar-refractivity contribution in [3.8, 4) is 5.75 Å². The average Bonchev–Trinajstić information content (AvgIpc) is 2.53. The smallest absolute Gasteiger partial charge is 0.228 e. The highest BCUT2D eigenvalue weighted by molar-refractivity contribution is 6.30. The van der Waals surface area contributed by atoms with Gasteiger partial charge in [0.2, 0.25) is 11.8 Å². The van der Waals surface area contributed by atoms with Crippen molar-refractivity contribution in [2.75, 3.05) is 33.3 Å². The second-order valence-corrected chi connectivity index (χ2v) is 7.95. The zero-order valence-corrected chi connectivity index (χ0v) is 16.4. The van der Waals surface area contributed by atoms with Crippen molar-refractivity contribution >= 4 is 23.4 Å². The molecule has 2 amide bonds. The lowest BCUT2D eigenvalue weighted by atomic mass is 9.94. The van der Waals surface area contributed by atoms with Crippen LogP contribution in [-0.4, -0.2) is 54.9 Å². The van der Waals surface area contributed by atoms with Gasteiger partial charge in [-0.3, -0.25) is 9.59 Å². The molecule has 0 saturated carbocycles. The standard InChI is InChI=1S/C19H27ClN2O3/c1-13-10-15(20)11-14(17(13)25-5)12-16(23)21-6-8-22(9-7-21)18(24)19(2,3)4/h10-11H,6-9,12H2,1-5H3. The molecule has 1 aromatic rings. The molecule has 0 aromatic heterocycles. The Balaban J connectivity index is 2.01. The Kier molecular flexibility index (Phi) is 5.99. The van der Waals surface area contributed by atoms with E-state index in [2.05, 4.69) is 0 Å². The number of aryl methyl sites for hydroxylation is 1. The summed E-state index contributed by atoms with van der Waals surface area (Å²) >= 11 is 6.12. The quantitative estimate of drug-likeness (QED) is 0.826. The fourth-order valence-corrected chi connectivity index (χ4v) is 3.43. The summed E-state index contributed by atoms with van der Waals surface area (Å²) in [5.74, 6) is 0.869. The number of piperazine rings is 1. The van der Waals surface area contributed by atoms with E-state index in [1.165, 1.54) is 0 Å². The van der Waals surface area contributed by atoms with E-state index in [1.54, 1.807) is 13.2 Å². The van der Waals surface area contributed by atoms with Gasteiger partial charge < -0.3 is 14.5 Å². The monoisotopic (exact) mass is 366 g/mol. The van der Waals surface area contributed by atoms with Gasteiger partial charge in [0.15, 0.2) is 0 Å². The molecule has 138 valence electrons. The first-order valence-electron chi connectivity index (χ1n) is 8.53. The molecule has 1 aliphatic rings. The molecule has 0 unspecified atom stereocenters. The first-order valence-corrected chi connectivity index (χ1v) is 8.91. The predicted octanol–water partition coefficient (Wildman–Crippen LogP) is 2.92. The lowest BCUT2D eigenvalue weighted by molar-refractivity contribution is -0.144. The Morgan fingerprint density at radius 1 is 1.12 bits per heavy atom. The second-order valence-electron chi connectivity index (χ2n) is 7.51. The molecule has 1 aromatic carbocycles. The van der Waals surface area contributed by atoms with Gasteiger partial charge >= 0.3 is 0 Å². The molecule has 0 aliphatic carbocycles. The van der Waals surface area contributed by atoms with Crippen LogP contribution in [0.3, 0.4) is 0 Å². The van der Waals surface area contributed by atoms with Gasteiger partial charge in [0.05, 0.1) is 13.5 Å². The van der Waals surface area contributed by atoms with E-state index >= 15 is 0 Å². The number of amides is 2. The number of carbonyl (C=O) groups excluding carboxylic acids is 2. The lowest BCUT2D eigenvalue weighted by Gasteiger charge is -2.37. The molecule has 1 fully saturated rings. The maximum atomic E-state index is 12.7. The Bertz CT molecular complexity index is 659. The summed E-state index contributed by atoms with van der Waals surface area (Å²) in [6.45, 7) is 9.93. The van der Waals surface area contributed by atoms with E-state index in [0.717, 1.165) is 11.1 Å². The Hall–Kier alpha value is -1.75. The van der Waals surface area contributed by atoms with Gasteiger partial charge in [-0.2, -0.15) is 0 Å². The average molecular weight is 367 g/mol. The van der Waals surface area contributed by atoms with Crippen LogP contribution in [0, 0.1) is 12.3 Å². The van der Waals surface area contributed by atoms with Crippen molar-refractivity contribution in [3.05, 3.63) is 28.3 Å². The number of ether oxygens (including phenoxy) is 1. The minimum atomic E-state index is -0.391. The molecule has 6 heteroatoms. The number of hydrogen-bond acceptors (Lipinski definition) is 3. The predicted molar refractivity (Wildman–Crippen MR) is 99.1 cm³/mol. The molecule has 0 radical (unpaired) electrons. The fourth-order valence-electron chi connectivity index (χ4n) is 3.13. The zero-order valence-electron chi connectivity index (χ0n) is 15.7. The Morgan fingerprint density at radius 3 is 2.20 bits per heavy atom. The number of hydrogen-bond donors (Lipinski definition) is 0. The topological polar surface area (TPSA) is 49.9 Å². The summed E-state index contributed by atoms with van der Waals surface area (Å²) in [4.78, 5) is 28.6. The van der Waals surface area contributed by atoms with Crippen molar-refractivity contribution in [1.82, 2.24) is 9.80 Å². The van der Waals surface area contributed by atoms with Crippen molar-refractivity contribution < 1.29 is 14.3 Å². The molecule has 0 atom stereocenters. The van der Waals surface area contributed by atoms with Crippen molar-refractivity contribution in [3.63, 3.8) is 0 Å². The third kappa shape index (κ3) is 4.66. The fraction of sp³-hybridized carbons (Fsp3) is 0.579. The third-order valence-electron chi connectivity index (χ3n) is 4.42. The molecule has 5 nitrogen and oxygen atoms in total. The van der Waals surface area contributed by atoms with E-state index in [9.17, 15) is 9.59 Å². The van der Waals surface area contributed by atoms with Crippen molar-refractivity contribution in [2.24, 2.45) is 5.41 Å². The van der Waals surface area contributed by atoms with Gasteiger partial charge in [-0.15, -0.1) is 0 Å². The second kappa shape index (κ2) is 7.65. The van der Waals surface area contributed by atoms with Crippen LogP contribution in [-0.2, 0) is 16.0 Å². The summed E-state index contributed by atoms with van der Waals surface area (Å²) in [7, 11) is 1.60. The number of nitrogens with zero attached hydrogens (tertiary/aromatic N) is 2. The van der Waals surface area contributed by atoms with Crippen LogP contribution in [0.15, 0.2) is 12.1 Å². The summed E-state index contributed by atoms with van der Waals surface area (Å²) in [6.07, 6.45) is 0.248. The number of rotatable bonds is 3. The molecular weight excluding hydrogens is 340 g/mol. The molecular formula is C19H27ClN2O3. The highest BCUT2D eigenvalue weighted by Gasteiger charge is 2.31. The van der Waals surface area contributed by atoms with Crippen LogP contribution >= 0.6 is 11.6 Å². The minimum Gasteiger partial charge on any atom is -0.496 e. The molecule has 1 aliphatic heterocycles. The molecule has 0 N–H and O–H groups in total. The summed E-state index contributed by atoms with van der Waals surface area (Å²) < 4.78 is 5.42. The van der Waals surface area contributed by atoms with Gasteiger partial charge in [-0.05, 0) is 24.6 Å². The number of carbonyl (C=O) groups is 2. The molecule has 1 heterocycles. The Morgan fingerprint density at radius 2 is 1.68 bits per heavy atom. The van der Waals surface area contributed by atoms with Crippen LogP contribution in [0.2, 0.25) is 5.02 Å². The molecule has 25 heavy (non-hydrogen) atoms. The van der Waals surface area contributed by atoms with Crippen LogP contribution in [0.1, 0.15) is 31.9 Å². The first kappa shape index (κ1) is 19.6. The van der Waals surface area contributed by atoms with Crippen molar-refractivity contribution in [1.29, 1.82) is 0 Å². The first-order chi connectivity index (χ1) is 11.6. The summed E-state index contributed by atoms with van der Waals surface area (Å²) in [5, 5.41) is 0.599. The van der Waals surface area contributed by atoms with Gasteiger partial charge in [0, 0.05) is 42.2 Å². The zero-order chi connectivity index (χ0) is 18.8.